The van der Waals surface area contributed by atoms with Gasteiger partial charge in [-0.3, -0.25) is 4.79 Å². The summed E-state index contributed by atoms with van der Waals surface area (Å²) in [6.07, 6.45) is 7.01. The van der Waals surface area contributed by atoms with Crippen molar-refractivity contribution in [3.63, 3.8) is 0 Å². The number of nitrogens with zero attached hydrogens (tertiary/aromatic N) is 3. The summed E-state index contributed by atoms with van der Waals surface area (Å²) in [6, 6.07) is 9.93. The Morgan fingerprint density at radius 2 is 1.77 bits per heavy atom. The second kappa shape index (κ2) is 12.4. The van der Waals surface area contributed by atoms with Crippen LogP contribution in [0.2, 0.25) is 0 Å². The number of hydrogen-bond acceptors (Lipinski definition) is 6. The van der Waals surface area contributed by atoms with Crippen LogP contribution in [0.5, 0.6) is 5.75 Å². The minimum Gasteiger partial charge on any atom is -0.505 e. The number of aromatic hydroxyl groups is 1. The van der Waals surface area contributed by atoms with E-state index in [0.717, 1.165) is 52.1 Å². The number of phenols is 1. The highest BCUT2D eigenvalue weighted by Gasteiger charge is 2.22. The first-order chi connectivity index (χ1) is 16.7. The lowest BCUT2D eigenvalue weighted by molar-refractivity contribution is -0.143. The Hall–Kier alpha value is -2.54. The number of aromatic nitrogens is 3. The average molecular weight is 498 g/mol. The molecule has 0 aliphatic heterocycles. The maximum absolute atomic E-state index is 11.8. The Kier molecular flexibility index (Phi) is 9.61. The van der Waals surface area contributed by atoms with Gasteiger partial charge in [-0.05, 0) is 55.0 Å². The van der Waals surface area contributed by atoms with Crippen LogP contribution in [-0.4, -0.2) is 38.4 Å². The number of phenolic OH excluding ortho intramolecular Hbond substituents is 1. The molecule has 35 heavy (non-hydrogen) atoms. The van der Waals surface area contributed by atoms with E-state index in [4.69, 9.17) is 4.74 Å². The predicted octanol–water partition coefficient (Wildman–Crippen LogP) is 7.12. The van der Waals surface area contributed by atoms with Gasteiger partial charge in [-0.25, -0.2) is 0 Å². The van der Waals surface area contributed by atoms with Gasteiger partial charge in [-0.2, -0.15) is 0 Å². The van der Waals surface area contributed by atoms with Gasteiger partial charge in [-0.15, -0.1) is 26.8 Å². The van der Waals surface area contributed by atoms with Crippen LogP contribution < -0.4 is 0 Å². The van der Waals surface area contributed by atoms with Crippen molar-refractivity contribution in [2.24, 2.45) is 0 Å². The number of ether oxygens (including phenoxy) is 1. The van der Waals surface area contributed by atoms with E-state index < -0.39 is 0 Å². The zero-order valence-corrected chi connectivity index (χ0v) is 22.6. The van der Waals surface area contributed by atoms with Gasteiger partial charge in [0.2, 0.25) is 0 Å². The first-order valence-electron chi connectivity index (χ1n) is 12.7. The first-order valence-corrected chi connectivity index (χ1v) is 13.7. The zero-order valence-electron chi connectivity index (χ0n) is 21.8. The number of rotatable bonds is 12. The molecule has 190 valence electrons. The molecule has 0 bridgehead atoms. The van der Waals surface area contributed by atoms with Crippen molar-refractivity contribution >= 4 is 28.8 Å². The molecule has 7 heteroatoms. The first kappa shape index (κ1) is 27.1. The zero-order chi connectivity index (χ0) is 25.4. The largest absolute Gasteiger partial charge is 0.505 e. The SMILES string of the molecule is CCCCCCCC(=O)OCCCSc1ccc2nn(-c3cc(C)cc(C(C)(C)C)c3O)nc2c1. The minimum absolute atomic E-state index is 0.0847. The molecular weight excluding hydrogens is 458 g/mol. The van der Waals surface area contributed by atoms with Crippen molar-refractivity contribution in [2.45, 2.75) is 89.9 Å². The lowest BCUT2D eigenvalue weighted by Crippen LogP contribution is -2.13. The minimum atomic E-state index is -0.190. The number of carbonyl (C=O) groups excluding carboxylic acids is 1. The summed E-state index contributed by atoms with van der Waals surface area (Å²) in [7, 11) is 0. The van der Waals surface area contributed by atoms with E-state index in [-0.39, 0.29) is 17.1 Å². The van der Waals surface area contributed by atoms with Crippen LogP contribution in [0.25, 0.3) is 16.7 Å². The highest BCUT2D eigenvalue weighted by molar-refractivity contribution is 7.99. The molecule has 0 saturated heterocycles. The molecule has 0 saturated carbocycles. The molecule has 2 aromatic carbocycles. The summed E-state index contributed by atoms with van der Waals surface area (Å²) < 4.78 is 5.36. The quantitative estimate of drug-likeness (QED) is 0.163. The van der Waals surface area contributed by atoms with E-state index in [1.54, 1.807) is 11.8 Å². The Labute approximate surface area is 213 Å². The van der Waals surface area contributed by atoms with Gasteiger partial charge in [0.05, 0.1) is 6.61 Å². The van der Waals surface area contributed by atoms with E-state index in [1.165, 1.54) is 24.1 Å². The van der Waals surface area contributed by atoms with Crippen molar-refractivity contribution in [1.82, 2.24) is 15.0 Å². The molecule has 1 aromatic heterocycles. The van der Waals surface area contributed by atoms with Gasteiger partial charge in [-0.1, -0.05) is 59.4 Å². The second-order valence-corrected chi connectivity index (χ2v) is 11.3. The number of thioether (sulfide) groups is 1. The molecule has 0 spiro atoms. The van der Waals surface area contributed by atoms with Crippen LogP contribution in [0.3, 0.4) is 0 Å². The fourth-order valence-corrected chi connectivity index (χ4v) is 4.81. The molecule has 3 rings (SSSR count). The average Bonchev–Trinajstić information content (AvgIpc) is 3.22. The van der Waals surface area contributed by atoms with Crippen molar-refractivity contribution in [3.05, 3.63) is 41.5 Å². The predicted molar refractivity (Wildman–Crippen MR) is 144 cm³/mol. The molecule has 0 unspecified atom stereocenters. The monoisotopic (exact) mass is 497 g/mol. The van der Waals surface area contributed by atoms with Gasteiger partial charge in [0.15, 0.2) is 0 Å². The highest BCUT2D eigenvalue weighted by atomic mass is 32.2. The summed E-state index contributed by atoms with van der Waals surface area (Å²) in [4.78, 5) is 14.5. The molecule has 0 aliphatic rings. The maximum Gasteiger partial charge on any atom is 0.305 e. The number of esters is 1. The van der Waals surface area contributed by atoms with Crippen LogP contribution in [0, 0.1) is 6.92 Å². The van der Waals surface area contributed by atoms with E-state index >= 15 is 0 Å². The molecule has 6 nitrogen and oxygen atoms in total. The Bertz CT molecular complexity index is 1130. The van der Waals surface area contributed by atoms with Gasteiger partial charge in [0.25, 0.3) is 0 Å². The Morgan fingerprint density at radius 3 is 2.51 bits per heavy atom. The van der Waals surface area contributed by atoms with Crippen molar-refractivity contribution in [2.75, 3.05) is 12.4 Å². The van der Waals surface area contributed by atoms with Crippen LogP contribution in [-0.2, 0) is 14.9 Å². The van der Waals surface area contributed by atoms with E-state index in [2.05, 4.69) is 37.9 Å². The van der Waals surface area contributed by atoms with Crippen LogP contribution in [0.1, 0.15) is 83.8 Å². The number of hydrogen-bond donors (Lipinski definition) is 1. The molecule has 3 aromatic rings. The lowest BCUT2D eigenvalue weighted by atomic mass is 9.85. The van der Waals surface area contributed by atoms with Crippen LogP contribution in [0.15, 0.2) is 35.2 Å². The number of fused-ring (bicyclic) bond motifs is 1. The standard InChI is InChI=1S/C28H39N3O3S/c1-6-7-8-9-10-12-26(32)34-15-11-16-35-21-13-14-23-24(19-21)30-31(29-23)25-18-20(2)17-22(27(25)33)28(3,4)5/h13-14,17-19,33H,6-12,15-16H2,1-5H3. The smallest absolute Gasteiger partial charge is 0.305 e. The summed E-state index contributed by atoms with van der Waals surface area (Å²) in [5, 5.41) is 20.2. The molecule has 0 fully saturated rings. The normalized spacial score (nSPS) is 11.8. The fraction of sp³-hybridized carbons (Fsp3) is 0.536. The van der Waals surface area contributed by atoms with Gasteiger partial charge in [0.1, 0.15) is 22.5 Å². The topological polar surface area (TPSA) is 77.2 Å². The van der Waals surface area contributed by atoms with Gasteiger partial charge >= 0.3 is 5.97 Å². The van der Waals surface area contributed by atoms with Crippen molar-refractivity contribution in [1.29, 1.82) is 0 Å². The second-order valence-electron chi connectivity index (χ2n) is 10.2. The molecule has 0 radical (unpaired) electrons. The third kappa shape index (κ3) is 7.72. The summed E-state index contributed by atoms with van der Waals surface area (Å²) in [5.74, 6) is 0.990. The Balaban J connectivity index is 1.55. The maximum atomic E-state index is 11.8. The van der Waals surface area contributed by atoms with E-state index in [0.29, 0.717) is 18.7 Å². The molecular formula is C28H39N3O3S. The van der Waals surface area contributed by atoms with Gasteiger partial charge in [0, 0.05) is 22.6 Å². The van der Waals surface area contributed by atoms with Crippen molar-refractivity contribution < 1.29 is 14.6 Å². The van der Waals surface area contributed by atoms with E-state index in [9.17, 15) is 9.90 Å². The lowest BCUT2D eigenvalue weighted by Gasteiger charge is -2.22. The molecule has 0 aliphatic carbocycles. The third-order valence-corrected chi connectivity index (χ3v) is 6.99. The summed E-state index contributed by atoms with van der Waals surface area (Å²) in [6.45, 7) is 10.9. The molecule has 0 amide bonds. The number of unbranched alkanes of at least 4 members (excludes halogenated alkanes) is 4. The van der Waals surface area contributed by atoms with E-state index in [1.807, 2.05) is 37.3 Å². The third-order valence-electron chi connectivity index (χ3n) is 5.91. The number of aryl methyl sites for hydroxylation is 1. The summed E-state index contributed by atoms with van der Waals surface area (Å²) >= 11 is 1.71. The van der Waals surface area contributed by atoms with Crippen LogP contribution in [0.4, 0.5) is 0 Å². The Morgan fingerprint density at radius 1 is 1.03 bits per heavy atom. The fourth-order valence-electron chi connectivity index (χ4n) is 3.96. The number of benzene rings is 2. The molecule has 1 heterocycles. The van der Waals surface area contributed by atoms with Gasteiger partial charge < -0.3 is 9.84 Å². The molecule has 0 atom stereocenters. The van der Waals surface area contributed by atoms with Crippen LogP contribution >= 0.6 is 11.8 Å². The van der Waals surface area contributed by atoms with Crippen molar-refractivity contribution in [3.8, 4) is 11.4 Å². The number of carbonyl (C=O) groups is 1. The summed E-state index contributed by atoms with van der Waals surface area (Å²) in [5.41, 5.74) is 3.89. The molecule has 1 N–H and O–H groups in total. The highest BCUT2D eigenvalue weighted by Crippen LogP contribution is 2.36.